The molecule has 2 rings (SSSR count). The second kappa shape index (κ2) is 4.07. The molecule has 1 unspecified atom stereocenters. The third-order valence-electron chi connectivity index (χ3n) is 2.45. The number of hydrogen-bond acceptors (Lipinski definition) is 2. The maximum absolute atomic E-state index is 5.62. The van der Waals surface area contributed by atoms with E-state index >= 15 is 0 Å². The van der Waals surface area contributed by atoms with Crippen molar-refractivity contribution in [3.8, 4) is 0 Å². The molecule has 0 saturated carbocycles. The van der Waals surface area contributed by atoms with Crippen LogP contribution in [0.3, 0.4) is 0 Å². The number of hydrogen-bond donors (Lipinski definition) is 0. The Kier molecular flexibility index (Phi) is 2.81. The molecule has 0 amide bonds. The van der Waals surface area contributed by atoms with Gasteiger partial charge in [-0.05, 0) is 6.42 Å². The summed E-state index contributed by atoms with van der Waals surface area (Å²) in [5.41, 5.74) is 0. The Balaban J connectivity index is 1.87. The zero-order valence-electron chi connectivity index (χ0n) is 7.98. The summed E-state index contributed by atoms with van der Waals surface area (Å²) in [5.74, 6) is 0.955. The quantitative estimate of drug-likeness (QED) is 0.615. The lowest BCUT2D eigenvalue weighted by atomic mass is 9.99. The van der Waals surface area contributed by atoms with Crippen LogP contribution in [0.4, 0.5) is 0 Å². The minimum Gasteiger partial charge on any atom is -0.352 e. The van der Waals surface area contributed by atoms with Gasteiger partial charge in [0.05, 0.1) is 13.2 Å². The van der Waals surface area contributed by atoms with E-state index in [9.17, 15) is 0 Å². The van der Waals surface area contributed by atoms with Crippen LogP contribution in [0, 0.1) is 11.8 Å². The molecule has 1 atom stereocenters. The van der Waals surface area contributed by atoms with Crippen molar-refractivity contribution in [1.82, 2.24) is 0 Å². The van der Waals surface area contributed by atoms with E-state index in [4.69, 9.17) is 9.47 Å². The molecule has 0 N–H and O–H groups in total. The van der Waals surface area contributed by atoms with Crippen molar-refractivity contribution in [3.63, 3.8) is 0 Å². The molecule has 0 bridgehead atoms. The first kappa shape index (κ1) is 8.97. The van der Waals surface area contributed by atoms with E-state index in [-0.39, 0.29) is 6.29 Å². The molecule has 1 saturated heterocycles. The van der Waals surface area contributed by atoms with E-state index in [1.165, 1.54) is 0 Å². The molecule has 1 aliphatic heterocycles. The molecule has 72 valence electrons. The number of ether oxygens (including phenoxy) is 2. The van der Waals surface area contributed by atoms with Gasteiger partial charge in [0.25, 0.3) is 0 Å². The molecule has 0 radical (unpaired) electrons. The van der Waals surface area contributed by atoms with Crippen molar-refractivity contribution in [2.45, 2.75) is 19.6 Å². The van der Waals surface area contributed by atoms with Gasteiger partial charge < -0.3 is 9.47 Å². The highest BCUT2D eigenvalue weighted by Crippen LogP contribution is 2.23. The fourth-order valence-corrected chi connectivity index (χ4v) is 1.66. The molecule has 0 aromatic carbocycles. The largest absolute Gasteiger partial charge is 0.352 e. The van der Waals surface area contributed by atoms with Crippen LogP contribution in [0.5, 0.6) is 0 Å². The van der Waals surface area contributed by atoms with Gasteiger partial charge in [-0.15, -0.1) is 0 Å². The molecule has 2 heteroatoms. The zero-order valence-corrected chi connectivity index (χ0v) is 7.98. The van der Waals surface area contributed by atoms with E-state index < -0.39 is 0 Å². The van der Waals surface area contributed by atoms with Crippen LogP contribution in [0.1, 0.15) is 13.3 Å². The summed E-state index contributed by atoms with van der Waals surface area (Å²) in [4.78, 5) is 0. The van der Waals surface area contributed by atoms with Crippen LogP contribution in [0.25, 0.3) is 0 Å². The van der Waals surface area contributed by atoms with Gasteiger partial charge >= 0.3 is 0 Å². The first-order valence-corrected chi connectivity index (χ1v) is 4.93. The smallest absolute Gasteiger partial charge is 0.164 e. The molecule has 1 fully saturated rings. The first-order chi connectivity index (χ1) is 6.36. The van der Waals surface area contributed by atoms with E-state index in [0.717, 1.165) is 19.6 Å². The van der Waals surface area contributed by atoms with E-state index in [1.54, 1.807) is 0 Å². The Morgan fingerprint density at radius 2 is 1.92 bits per heavy atom. The molecule has 0 spiro atoms. The van der Waals surface area contributed by atoms with Gasteiger partial charge in [0.2, 0.25) is 0 Å². The van der Waals surface area contributed by atoms with Gasteiger partial charge in [-0.25, -0.2) is 0 Å². The van der Waals surface area contributed by atoms with Gasteiger partial charge in [-0.2, -0.15) is 0 Å². The van der Waals surface area contributed by atoms with Crippen molar-refractivity contribution in [2.75, 3.05) is 13.2 Å². The van der Waals surface area contributed by atoms with Crippen LogP contribution in [-0.2, 0) is 9.47 Å². The van der Waals surface area contributed by atoms with Gasteiger partial charge in [0.1, 0.15) is 0 Å². The van der Waals surface area contributed by atoms with Crippen LogP contribution in [0.2, 0.25) is 0 Å². The van der Waals surface area contributed by atoms with Crippen LogP contribution < -0.4 is 0 Å². The maximum Gasteiger partial charge on any atom is 0.164 e. The summed E-state index contributed by atoms with van der Waals surface area (Å²) in [6.07, 6.45) is 9.49. The highest BCUT2D eigenvalue weighted by molar-refractivity contribution is 5.11. The number of rotatable bonds is 1. The molecular weight excluding hydrogens is 164 g/mol. The fourth-order valence-electron chi connectivity index (χ4n) is 1.66. The standard InChI is InChI=1S/C11H16O2/c1-9-7-12-11(13-8-9)10-5-3-2-4-6-10/h2-5,9-11H,6-8H2,1H3. The Bertz CT molecular complexity index is 212. The number of allylic oxidation sites excluding steroid dienone is 3. The zero-order chi connectivity index (χ0) is 9.10. The summed E-state index contributed by atoms with van der Waals surface area (Å²) < 4.78 is 11.2. The topological polar surface area (TPSA) is 18.5 Å². The summed E-state index contributed by atoms with van der Waals surface area (Å²) in [5, 5.41) is 0. The minimum atomic E-state index is -0.0163. The third-order valence-corrected chi connectivity index (χ3v) is 2.45. The van der Waals surface area contributed by atoms with Crippen molar-refractivity contribution < 1.29 is 9.47 Å². The molecule has 13 heavy (non-hydrogen) atoms. The van der Waals surface area contributed by atoms with Gasteiger partial charge in [0, 0.05) is 11.8 Å². The molecule has 2 aliphatic rings. The average molecular weight is 180 g/mol. The lowest BCUT2D eigenvalue weighted by molar-refractivity contribution is -0.214. The second-order valence-corrected chi connectivity index (χ2v) is 3.85. The van der Waals surface area contributed by atoms with Crippen LogP contribution >= 0.6 is 0 Å². The second-order valence-electron chi connectivity index (χ2n) is 3.85. The molecule has 0 aromatic heterocycles. The first-order valence-electron chi connectivity index (χ1n) is 4.93. The summed E-state index contributed by atoms with van der Waals surface area (Å²) >= 11 is 0. The molecule has 0 aromatic rings. The van der Waals surface area contributed by atoms with Gasteiger partial charge in [-0.1, -0.05) is 31.2 Å². The van der Waals surface area contributed by atoms with Crippen LogP contribution in [0.15, 0.2) is 24.3 Å². The molecule has 2 nitrogen and oxygen atoms in total. The van der Waals surface area contributed by atoms with Crippen molar-refractivity contribution in [2.24, 2.45) is 11.8 Å². The van der Waals surface area contributed by atoms with Crippen molar-refractivity contribution in [3.05, 3.63) is 24.3 Å². The Morgan fingerprint density at radius 1 is 1.15 bits per heavy atom. The van der Waals surface area contributed by atoms with E-state index in [1.807, 2.05) is 0 Å². The van der Waals surface area contributed by atoms with Gasteiger partial charge in [0.15, 0.2) is 6.29 Å². The third kappa shape index (κ3) is 2.20. The highest BCUT2D eigenvalue weighted by atomic mass is 16.7. The van der Waals surface area contributed by atoms with Gasteiger partial charge in [-0.3, -0.25) is 0 Å². The normalized spacial score (nSPS) is 39.3. The summed E-state index contributed by atoms with van der Waals surface area (Å²) in [6.45, 7) is 3.81. The summed E-state index contributed by atoms with van der Waals surface area (Å²) in [6, 6.07) is 0. The lowest BCUT2D eigenvalue weighted by Crippen LogP contribution is -2.35. The Labute approximate surface area is 79.2 Å². The van der Waals surface area contributed by atoms with E-state index in [0.29, 0.717) is 11.8 Å². The van der Waals surface area contributed by atoms with Crippen LogP contribution in [-0.4, -0.2) is 19.5 Å². The highest BCUT2D eigenvalue weighted by Gasteiger charge is 2.25. The predicted octanol–water partition coefficient (Wildman–Crippen LogP) is 2.13. The van der Waals surface area contributed by atoms with Crippen molar-refractivity contribution >= 4 is 0 Å². The molecular formula is C11H16O2. The Hall–Kier alpha value is -0.600. The predicted molar refractivity (Wildman–Crippen MR) is 51.2 cm³/mol. The lowest BCUT2D eigenvalue weighted by Gasteiger charge is -2.31. The van der Waals surface area contributed by atoms with Crippen molar-refractivity contribution in [1.29, 1.82) is 0 Å². The Morgan fingerprint density at radius 3 is 2.54 bits per heavy atom. The summed E-state index contributed by atoms with van der Waals surface area (Å²) in [7, 11) is 0. The minimum absolute atomic E-state index is 0.0163. The SMILES string of the molecule is CC1COC(C2C=CC=CC2)OC1. The van der Waals surface area contributed by atoms with E-state index in [2.05, 4.69) is 31.2 Å². The fraction of sp³-hybridized carbons (Fsp3) is 0.636. The molecule has 1 aliphatic carbocycles. The monoisotopic (exact) mass is 180 g/mol. The molecule has 1 heterocycles. The average Bonchev–Trinajstić information content (AvgIpc) is 2.20. The maximum atomic E-state index is 5.62.